The maximum Gasteiger partial charge on any atom is 0.222 e. The Balaban J connectivity index is 3.26. The first-order valence-electron chi connectivity index (χ1n) is 8.79. The van der Waals surface area contributed by atoms with Crippen LogP contribution in [0.3, 0.4) is 0 Å². The monoisotopic (exact) mass is 360 g/mol. The van der Waals surface area contributed by atoms with Gasteiger partial charge >= 0.3 is 0 Å². The fourth-order valence-corrected chi connectivity index (χ4v) is 1.57. The van der Waals surface area contributed by atoms with Crippen molar-refractivity contribution in [2.75, 3.05) is 65.9 Å². The highest BCUT2D eigenvalue weighted by molar-refractivity contribution is 5.75. The number of amides is 1. The molecule has 0 saturated heterocycles. The van der Waals surface area contributed by atoms with Gasteiger partial charge in [0.05, 0.1) is 52.9 Å². The van der Waals surface area contributed by atoms with Gasteiger partial charge in [0.15, 0.2) is 0 Å². The molecule has 0 atom stereocenters. The normalized spacial score (nSPS) is 11.5. The summed E-state index contributed by atoms with van der Waals surface area (Å²) in [5.41, 5.74) is 6.54. The molecule has 0 aromatic carbocycles. The Hall–Kier alpha value is -0.990. The molecule has 0 bridgehead atoms. The molecule has 25 heavy (non-hydrogen) atoms. The molecule has 7 nitrogen and oxygen atoms in total. The van der Waals surface area contributed by atoms with Gasteiger partial charge in [0.2, 0.25) is 5.91 Å². The summed E-state index contributed by atoms with van der Waals surface area (Å²) in [6.07, 6.45) is 0.341. The summed E-state index contributed by atoms with van der Waals surface area (Å²) in [4.78, 5) is 11.6. The molecule has 0 radical (unpaired) electrons. The van der Waals surface area contributed by atoms with E-state index in [1.54, 1.807) is 0 Å². The average Bonchev–Trinajstić information content (AvgIpc) is 2.57. The van der Waals surface area contributed by atoms with Crippen LogP contribution in [-0.2, 0) is 23.7 Å². The van der Waals surface area contributed by atoms with Crippen LogP contribution in [0.4, 0.5) is 0 Å². The van der Waals surface area contributed by atoms with Crippen LogP contribution in [0.25, 0.3) is 0 Å². The Morgan fingerprint density at radius 1 is 0.960 bits per heavy atom. The van der Waals surface area contributed by atoms with Crippen molar-refractivity contribution in [2.45, 2.75) is 27.2 Å². The van der Waals surface area contributed by atoms with Crippen molar-refractivity contribution in [3.63, 3.8) is 0 Å². The highest BCUT2D eigenvalue weighted by atomic mass is 16.6. The Morgan fingerprint density at radius 3 is 1.92 bits per heavy atom. The van der Waals surface area contributed by atoms with Crippen molar-refractivity contribution in [2.24, 2.45) is 11.1 Å². The Bertz CT molecular complexity index is 361. The van der Waals surface area contributed by atoms with Crippen LogP contribution in [-0.4, -0.2) is 71.9 Å². The van der Waals surface area contributed by atoms with E-state index in [0.29, 0.717) is 72.4 Å². The molecule has 0 heterocycles. The van der Waals surface area contributed by atoms with E-state index in [-0.39, 0.29) is 11.3 Å². The molecule has 0 saturated carbocycles. The summed E-state index contributed by atoms with van der Waals surface area (Å²) in [6.45, 7) is 14.8. The highest BCUT2D eigenvalue weighted by Crippen LogP contribution is 2.09. The lowest BCUT2D eigenvalue weighted by atomic mass is 9.94. The Kier molecular flexibility index (Phi) is 14.7. The third kappa shape index (κ3) is 17.6. The van der Waals surface area contributed by atoms with E-state index < -0.39 is 0 Å². The summed E-state index contributed by atoms with van der Waals surface area (Å²) in [7, 11) is 0. The number of carbonyl (C=O) groups excluding carboxylic acids is 1. The minimum atomic E-state index is -0.0802. The summed E-state index contributed by atoms with van der Waals surface area (Å²) in [6, 6.07) is 0. The maximum atomic E-state index is 11.6. The summed E-state index contributed by atoms with van der Waals surface area (Å²) in [5, 5.41) is 2.86. The topological polar surface area (TPSA) is 92.0 Å². The van der Waals surface area contributed by atoms with Crippen molar-refractivity contribution < 1.29 is 23.7 Å². The fourth-order valence-electron chi connectivity index (χ4n) is 1.57. The van der Waals surface area contributed by atoms with Crippen molar-refractivity contribution in [3.05, 3.63) is 12.2 Å². The molecule has 0 rings (SSSR count). The highest BCUT2D eigenvalue weighted by Gasteiger charge is 2.16. The van der Waals surface area contributed by atoms with Crippen molar-refractivity contribution in [1.29, 1.82) is 0 Å². The van der Waals surface area contributed by atoms with Crippen LogP contribution < -0.4 is 11.1 Å². The van der Waals surface area contributed by atoms with Gasteiger partial charge in [0, 0.05) is 13.0 Å². The van der Waals surface area contributed by atoms with Gasteiger partial charge < -0.3 is 30.0 Å². The largest absolute Gasteiger partial charge is 0.379 e. The SMILES string of the molecule is C=C(C)COCCOCCOCCOCCC(=O)NCC(C)(C)CN. The molecule has 0 unspecified atom stereocenters. The van der Waals surface area contributed by atoms with E-state index in [0.717, 1.165) is 5.57 Å². The van der Waals surface area contributed by atoms with Crippen LogP contribution >= 0.6 is 0 Å². The van der Waals surface area contributed by atoms with Gasteiger partial charge in [-0.2, -0.15) is 0 Å². The quantitative estimate of drug-likeness (QED) is 0.298. The van der Waals surface area contributed by atoms with Crippen molar-refractivity contribution >= 4 is 5.91 Å². The van der Waals surface area contributed by atoms with Crippen LogP contribution in [0.2, 0.25) is 0 Å². The van der Waals surface area contributed by atoms with Crippen LogP contribution in [0, 0.1) is 5.41 Å². The van der Waals surface area contributed by atoms with Gasteiger partial charge in [-0.1, -0.05) is 26.0 Å². The number of rotatable bonds is 17. The first-order valence-corrected chi connectivity index (χ1v) is 8.79. The smallest absolute Gasteiger partial charge is 0.222 e. The summed E-state index contributed by atoms with van der Waals surface area (Å²) >= 11 is 0. The van der Waals surface area contributed by atoms with Gasteiger partial charge in [-0.05, 0) is 18.9 Å². The molecule has 0 aliphatic carbocycles. The molecule has 0 aromatic rings. The van der Waals surface area contributed by atoms with Gasteiger partial charge in [0.25, 0.3) is 0 Å². The third-order valence-corrected chi connectivity index (χ3v) is 3.25. The molecule has 1 amide bonds. The zero-order valence-corrected chi connectivity index (χ0v) is 16.1. The number of nitrogens with two attached hydrogens (primary N) is 1. The summed E-state index contributed by atoms with van der Waals surface area (Å²) < 4.78 is 21.4. The first-order chi connectivity index (χ1) is 11.9. The first kappa shape index (κ1) is 24.0. The van der Waals surface area contributed by atoms with E-state index in [9.17, 15) is 4.79 Å². The predicted octanol–water partition coefficient (Wildman–Crippen LogP) is 1.12. The van der Waals surface area contributed by atoms with Crippen molar-refractivity contribution in [3.8, 4) is 0 Å². The van der Waals surface area contributed by atoms with Gasteiger partial charge in [-0.25, -0.2) is 0 Å². The lowest BCUT2D eigenvalue weighted by Crippen LogP contribution is -2.38. The zero-order valence-electron chi connectivity index (χ0n) is 16.1. The minimum Gasteiger partial charge on any atom is -0.379 e. The van der Waals surface area contributed by atoms with E-state index in [4.69, 9.17) is 24.7 Å². The molecule has 0 aromatic heterocycles. The van der Waals surface area contributed by atoms with Crippen LogP contribution in [0.1, 0.15) is 27.2 Å². The number of ether oxygens (including phenoxy) is 4. The molecule has 7 heteroatoms. The zero-order chi connectivity index (χ0) is 19.0. The van der Waals surface area contributed by atoms with E-state index in [2.05, 4.69) is 11.9 Å². The van der Waals surface area contributed by atoms with Gasteiger partial charge in [-0.3, -0.25) is 4.79 Å². The van der Waals surface area contributed by atoms with E-state index in [1.807, 2.05) is 20.8 Å². The lowest BCUT2D eigenvalue weighted by molar-refractivity contribution is -0.122. The lowest BCUT2D eigenvalue weighted by Gasteiger charge is -2.22. The molecule has 0 fully saturated rings. The second-order valence-corrected chi connectivity index (χ2v) is 6.74. The molecular weight excluding hydrogens is 324 g/mol. The Morgan fingerprint density at radius 2 is 1.44 bits per heavy atom. The second-order valence-electron chi connectivity index (χ2n) is 6.74. The molecule has 0 spiro atoms. The predicted molar refractivity (Wildman–Crippen MR) is 98.6 cm³/mol. The molecule has 0 aliphatic heterocycles. The number of carbonyl (C=O) groups is 1. The molecule has 0 aliphatic rings. The standard InChI is InChI=1S/C18H36N2O5/c1-16(2)13-25-12-11-24-10-9-23-8-7-22-6-5-17(21)20-15-18(3,4)14-19/h1,5-15,19H2,2-4H3,(H,20,21). The van der Waals surface area contributed by atoms with E-state index >= 15 is 0 Å². The van der Waals surface area contributed by atoms with Crippen LogP contribution in [0.5, 0.6) is 0 Å². The van der Waals surface area contributed by atoms with Crippen LogP contribution in [0.15, 0.2) is 12.2 Å². The number of nitrogens with one attached hydrogen (secondary N) is 1. The molecular formula is C18H36N2O5. The van der Waals surface area contributed by atoms with Gasteiger partial charge in [-0.15, -0.1) is 0 Å². The molecule has 148 valence electrons. The number of hydrogen-bond donors (Lipinski definition) is 2. The maximum absolute atomic E-state index is 11.6. The van der Waals surface area contributed by atoms with E-state index in [1.165, 1.54) is 0 Å². The fraction of sp³-hybridized carbons (Fsp3) is 0.833. The third-order valence-electron chi connectivity index (χ3n) is 3.25. The second kappa shape index (κ2) is 15.3. The minimum absolute atomic E-state index is 0.0234. The summed E-state index contributed by atoms with van der Waals surface area (Å²) in [5.74, 6) is -0.0234. The number of hydrogen-bond acceptors (Lipinski definition) is 6. The van der Waals surface area contributed by atoms with Crippen molar-refractivity contribution in [1.82, 2.24) is 5.32 Å². The Labute approximate surface area is 152 Å². The molecule has 3 N–H and O–H groups in total. The average molecular weight is 360 g/mol. The van der Waals surface area contributed by atoms with Gasteiger partial charge in [0.1, 0.15) is 0 Å².